The standard InChI is InChI=1S/C14H20N4O3S/c1-16-9-13-12(14(17-18(13)2)22(15,19)20)8-10-4-6-11(21-3)7-5-10/h4-7,16H,8-9H2,1-3H3,(H2,15,19,20). The summed E-state index contributed by atoms with van der Waals surface area (Å²) in [7, 11) is 1.23. The minimum absolute atomic E-state index is 0.0731. The number of sulfonamides is 1. The van der Waals surface area contributed by atoms with Crippen LogP contribution < -0.4 is 15.2 Å². The number of ether oxygens (including phenoxy) is 1. The Morgan fingerprint density at radius 3 is 2.45 bits per heavy atom. The highest BCUT2D eigenvalue weighted by molar-refractivity contribution is 7.89. The first-order valence-corrected chi connectivity index (χ1v) is 8.26. The zero-order valence-electron chi connectivity index (χ0n) is 12.8. The lowest BCUT2D eigenvalue weighted by Crippen LogP contribution is -2.15. The number of aromatic nitrogens is 2. The maximum absolute atomic E-state index is 11.8. The summed E-state index contributed by atoms with van der Waals surface area (Å²) in [5, 5.41) is 12.3. The summed E-state index contributed by atoms with van der Waals surface area (Å²) in [4.78, 5) is 0. The highest BCUT2D eigenvalue weighted by Crippen LogP contribution is 2.22. The van der Waals surface area contributed by atoms with Gasteiger partial charge in [-0.25, -0.2) is 13.6 Å². The van der Waals surface area contributed by atoms with Gasteiger partial charge in [-0.05, 0) is 24.7 Å². The van der Waals surface area contributed by atoms with Gasteiger partial charge < -0.3 is 10.1 Å². The molecule has 1 heterocycles. The van der Waals surface area contributed by atoms with Crippen molar-refractivity contribution in [3.8, 4) is 5.75 Å². The molecule has 0 bridgehead atoms. The molecule has 120 valence electrons. The van der Waals surface area contributed by atoms with Gasteiger partial charge in [-0.15, -0.1) is 0 Å². The predicted octanol–water partition coefficient (Wildman–Crippen LogP) is 0.386. The second-order valence-electron chi connectivity index (χ2n) is 4.95. The van der Waals surface area contributed by atoms with Crippen molar-refractivity contribution in [1.82, 2.24) is 15.1 Å². The molecule has 0 saturated carbocycles. The number of hydrogen-bond donors (Lipinski definition) is 2. The molecule has 7 nitrogen and oxygen atoms in total. The van der Waals surface area contributed by atoms with E-state index >= 15 is 0 Å². The van der Waals surface area contributed by atoms with E-state index < -0.39 is 10.0 Å². The molecule has 2 rings (SSSR count). The lowest BCUT2D eigenvalue weighted by molar-refractivity contribution is 0.414. The zero-order chi connectivity index (χ0) is 16.3. The highest BCUT2D eigenvalue weighted by Gasteiger charge is 2.23. The summed E-state index contributed by atoms with van der Waals surface area (Å²) in [6.45, 7) is 0.504. The minimum Gasteiger partial charge on any atom is -0.497 e. The molecule has 0 aliphatic rings. The molecule has 3 N–H and O–H groups in total. The number of nitrogens with zero attached hydrogens (tertiary/aromatic N) is 2. The van der Waals surface area contributed by atoms with E-state index in [0.29, 0.717) is 18.5 Å². The summed E-state index contributed by atoms with van der Waals surface area (Å²) >= 11 is 0. The van der Waals surface area contributed by atoms with Crippen molar-refractivity contribution >= 4 is 10.0 Å². The average Bonchev–Trinajstić information content (AvgIpc) is 2.78. The lowest BCUT2D eigenvalue weighted by Gasteiger charge is -2.07. The number of nitrogens with one attached hydrogen (secondary N) is 1. The van der Waals surface area contributed by atoms with Gasteiger partial charge in [0.05, 0.1) is 12.8 Å². The number of benzene rings is 1. The van der Waals surface area contributed by atoms with Crippen molar-refractivity contribution in [1.29, 1.82) is 0 Å². The number of primary sulfonamides is 1. The van der Waals surface area contributed by atoms with E-state index in [1.54, 1.807) is 25.9 Å². The normalized spacial score (nSPS) is 11.6. The van der Waals surface area contributed by atoms with Crippen LogP contribution >= 0.6 is 0 Å². The fraction of sp³-hybridized carbons (Fsp3) is 0.357. The summed E-state index contributed by atoms with van der Waals surface area (Å²) in [5.74, 6) is 0.747. The van der Waals surface area contributed by atoms with Crippen molar-refractivity contribution in [3.05, 3.63) is 41.1 Å². The molecular formula is C14H20N4O3S. The Labute approximate surface area is 130 Å². The highest BCUT2D eigenvalue weighted by atomic mass is 32.2. The van der Waals surface area contributed by atoms with Crippen LogP contribution in [-0.4, -0.2) is 32.4 Å². The Hall–Kier alpha value is -1.90. The molecule has 0 unspecified atom stereocenters. The van der Waals surface area contributed by atoms with Crippen LogP contribution in [0.15, 0.2) is 29.3 Å². The molecule has 0 atom stereocenters. The van der Waals surface area contributed by atoms with Crippen LogP contribution in [0.5, 0.6) is 5.75 Å². The third-order valence-electron chi connectivity index (χ3n) is 3.39. The summed E-state index contributed by atoms with van der Waals surface area (Å²) in [5.41, 5.74) is 2.36. The number of aryl methyl sites for hydroxylation is 1. The van der Waals surface area contributed by atoms with E-state index in [4.69, 9.17) is 9.88 Å². The number of hydrogen-bond acceptors (Lipinski definition) is 5. The minimum atomic E-state index is -3.87. The molecule has 8 heteroatoms. The molecule has 0 spiro atoms. The van der Waals surface area contributed by atoms with Crippen LogP contribution in [0, 0.1) is 0 Å². The Bertz CT molecular complexity index is 751. The molecule has 0 fully saturated rings. The topological polar surface area (TPSA) is 99.2 Å². The molecule has 0 saturated heterocycles. The first-order chi connectivity index (χ1) is 10.4. The van der Waals surface area contributed by atoms with Crippen LogP contribution in [0.1, 0.15) is 16.8 Å². The van der Waals surface area contributed by atoms with Gasteiger partial charge in [-0.2, -0.15) is 5.10 Å². The van der Waals surface area contributed by atoms with Gasteiger partial charge in [0.25, 0.3) is 10.0 Å². The van der Waals surface area contributed by atoms with E-state index in [2.05, 4.69) is 10.4 Å². The number of methoxy groups -OCH3 is 1. The van der Waals surface area contributed by atoms with Gasteiger partial charge in [0, 0.05) is 25.6 Å². The predicted molar refractivity (Wildman–Crippen MR) is 83.1 cm³/mol. The lowest BCUT2D eigenvalue weighted by atomic mass is 10.1. The molecule has 0 aliphatic heterocycles. The van der Waals surface area contributed by atoms with Crippen LogP contribution in [0.25, 0.3) is 0 Å². The van der Waals surface area contributed by atoms with Crippen molar-refractivity contribution in [2.24, 2.45) is 12.2 Å². The maximum atomic E-state index is 11.8. The molecule has 0 radical (unpaired) electrons. The molecular weight excluding hydrogens is 304 g/mol. The summed E-state index contributed by atoms with van der Waals surface area (Å²) in [6.07, 6.45) is 0.431. The molecule has 0 amide bonds. The number of nitrogens with two attached hydrogens (primary N) is 1. The fourth-order valence-corrected chi connectivity index (χ4v) is 3.09. The Kier molecular flexibility index (Phi) is 4.84. The van der Waals surface area contributed by atoms with Gasteiger partial charge in [0.2, 0.25) is 0 Å². The number of rotatable bonds is 6. The van der Waals surface area contributed by atoms with Gasteiger partial charge >= 0.3 is 0 Å². The van der Waals surface area contributed by atoms with Crippen molar-refractivity contribution in [2.45, 2.75) is 18.0 Å². The Balaban J connectivity index is 2.46. The summed E-state index contributed by atoms with van der Waals surface area (Å²) < 4.78 is 30.2. The molecule has 0 aliphatic carbocycles. The van der Waals surface area contributed by atoms with Gasteiger partial charge in [-0.3, -0.25) is 4.68 Å². The zero-order valence-corrected chi connectivity index (χ0v) is 13.6. The SMILES string of the molecule is CNCc1c(Cc2ccc(OC)cc2)c(S(N)(=O)=O)nn1C. The first-order valence-electron chi connectivity index (χ1n) is 6.72. The second-order valence-corrected chi connectivity index (χ2v) is 6.43. The molecule has 1 aromatic heterocycles. The third kappa shape index (κ3) is 3.46. The Morgan fingerprint density at radius 1 is 1.32 bits per heavy atom. The fourth-order valence-electron chi connectivity index (χ4n) is 2.32. The quantitative estimate of drug-likeness (QED) is 0.800. The van der Waals surface area contributed by atoms with Crippen molar-refractivity contribution in [3.63, 3.8) is 0 Å². The van der Waals surface area contributed by atoms with Crippen molar-refractivity contribution in [2.75, 3.05) is 14.2 Å². The third-order valence-corrected chi connectivity index (χ3v) is 4.26. The monoisotopic (exact) mass is 324 g/mol. The Morgan fingerprint density at radius 2 is 1.95 bits per heavy atom. The summed E-state index contributed by atoms with van der Waals surface area (Å²) in [6, 6.07) is 7.45. The van der Waals surface area contributed by atoms with E-state index in [0.717, 1.165) is 17.0 Å². The van der Waals surface area contributed by atoms with E-state index in [1.165, 1.54) is 0 Å². The van der Waals surface area contributed by atoms with Crippen LogP contribution in [0.3, 0.4) is 0 Å². The van der Waals surface area contributed by atoms with Gasteiger partial charge in [-0.1, -0.05) is 12.1 Å². The van der Waals surface area contributed by atoms with Crippen LogP contribution in [-0.2, 0) is 30.0 Å². The largest absolute Gasteiger partial charge is 0.497 e. The van der Waals surface area contributed by atoms with E-state index in [9.17, 15) is 8.42 Å². The van der Waals surface area contributed by atoms with Gasteiger partial charge in [0.15, 0.2) is 5.03 Å². The maximum Gasteiger partial charge on any atom is 0.257 e. The molecule has 2 aromatic rings. The van der Waals surface area contributed by atoms with E-state index in [1.807, 2.05) is 24.3 Å². The smallest absolute Gasteiger partial charge is 0.257 e. The average molecular weight is 324 g/mol. The van der Waals surface area contributed by atoms with Crippen LogP contribution in [0.4, 0.5) is 0 Å². The molecule has 1 aromatic carbocycles. The van der Waals surface area contributed by atoms with Crippen molar-refractivity contribution < 1.29 is 13.2 Å². The molecule has 22 heavy (non-hydrogen) atoms. The van der Waals surface area contributed by atoms with Gasteiger partial charge in [0.1, 0.15) is 5.75 Å². The first kappa shape index (κ1) is 16.5. The van der Waals surface area contributed by atoms with Crippen LogP contribution in [0.2, 0.25) is 0 Å². The second kappa shape index (κ2) is 6.47. The van der Waals surface area contributed by atoms with E-state index in [-0.39, 0.29) is 5.03 Å².